The van der Waals surface area contributed by atoms with Gasteiger partial charge in [-0.3, -0.25) is 10.1 Å². The number of nitrogens with zero attached hydrogens (tertiary/aromatic N) is 1. The Hall–Kier alpha value is -3.68. The molecule has 3 rings (SSSR count). The number of aryl methyl sites for hydroxylation is 2. The fraction of sp³-hybridized carbons (Fsp3) is 0.158. The zero-order valence-corrected chi connectivity index (χ0v) is 14.6. The summed E-state index contributed by atoms with van der Waals surface area (Å²) in [5.74, 6) is -0.953. The third-order valence-corrected chi connectivity index (χ3v) is 3.99. The van der Waals surface area contributed by atoms with Gasteiger partial charge < -0.3 is 13.6 Å². The Morgan fingerprint density at radius 3 is 2.63 bits per heavy atom. The number of rotatable bonds is 5. The van der Waals surface area contributed by atoms with Gasteiger partial charge in [-0.2, -0.15) is 0 Å². The van der Waals surface area contributed by atoms with Crippen LogP contribution in [0.1, 0.15) is 22.5 Å². The predicted molar refractivity (Wildman–Crippen MR) is 96.2 cm³/mol. The van der Waals surface area contributed by atoms with Crippen LogP contribution in [0.3, 0.4) is 0 Å². The van der Waals surface area contributed by atoms with Gasteiger partial charge in [0, 0.05) is 23.1 Å². The molecule has 0 aliphatic rings. The maximum absolute atomic E-state index is 11.9. The van der Waals surface area contributed by atoms with Gasteiger partial charge in [-0.25, -0.2) is 9.59 Å². The number of furan rings is 1. The molecule has 8 nitrogen and oxygen atoms in total. The number of carbonyl (C=O) groups is 1. The molecule has 0 saturated heterocycles. The third kappa shape index (κ3) is 4.12. The first-order chi connectivity index (χ1) is 12.8. The summed E-state index contributed by atoms with van der Waals surface area (Å²) in [5.41, 5.74) is 2.42. The summed E-state index contributed by atoms with van der Waals surface area (Å²) in [6, 6.07) is 7.47. The Morgan fingerprint density at radius 2 is 1.93 bits per heavy atom. The topological polar surface area (TPSA) is 113 Å². The highest BCUT2D eigenvalue weighted by atomic mass is 16.6. The van der Waals surface area contributed by atoms with Crippen LogP contribution in [0, 0.1) is 24.0 Å². The molecule has 0 amide bonds. The molecule has 0 fully saturated rings. The molecule has 0 spiro atoms. The Bertz CT molecular complexity index is 1120. The van der Waals surface area contributed by atoms with Gasteiger partial charge in [0.2, 0.25) is 0 Å². The molecule has 0 radical (unpaired) electrons. The third-order valence-electron chi connectivity index (χ3n) is 3.99. The first-order valence-electron chi connectivity index (χ1n) is 7.96. The highest BCUT2D eigenvalue weighted by molar-refractivity contribution is 5.87. The molecule has 0 aliphatic carbocycles. The standard InChI is InChI=1S/C19H15NO7/c1-11-7-15-13(9-19(22)27-16(15)8-12(11)2)10-25-18(21)6-4-14-3-5-17(26-14)20(23)24/h3-9H,10H2,1-2H3/b6-4+. The van der Waals surface area contributed by atoms with E-state index in [1.807, 2.05) is 19.9 Å². The molecule has 0 atom stereocenters. The second-order valence-electron chi connectivity index (χ2n) is 5.90. The van der Waals surface area contributed by atoms with E-state index in [-0.39, 0.29) is 12.4 Å². The summed E-state index contributed by atoms with van der Waals surface area (Å²) >= 11 is 0. The molecule has 0 aliphatic heterocycles. The molecule has 27 heavy (non-hydrogen) atoms. The first-order valence-corrected chi connectivity index (χ1v) is 7.96. The molecule has 3 aromatic rings. The van der Waals surface area contributed by atoms with E-state index >= 15 is 0 Å². The van der Waals surface area contributed by atoms with E-state index in [0.29, 0.717) is 16.5 Å². The summed E-state index contributed by atoms with van der Waals surface area (Å²) in [5, 5.41) is 11.2. The highest BCUT2D eigenvalue weighted by Gasteiger charge is 2.11. The molecule has 8 heteroatoms. The summed E-state index contributed by atoms with van der Waals surface area (Å²) < 4.78 is 15.3. The van der Waals surface area contributed by atoms with Crippen LogP contribution >= 0.6 is 0 Å². The minimum absolute atomic E-state index is 0.119. The smallest absolute Gasteiger partial charge is 0.433 e. The minimum Gasteiger partial charge on any atom is -0.458 e. The zero-order valence-electron chi connectivity index (χ0n) is 14.6. The molecular formula is C19H15NO7. The first kappa shape index (κ1) is 18.1. The Morgan fingerprint density at radius 1 is 1.19 bits per heavy atom. The van der Waals surface area contributed by atoms with Crippen molar-refractivity contribution in [3.8, 4) is 0 Å². The summed E-state index contributed by atoms with van der Waals surface area (Å²) in [6.45, 7) is 3.72. The molecule has 0 saturated carbocycles. The van der Waals surface area contributed by atoms with Crippen molar-refractivity contribution >= 4 is 28.9 Å². The van der Waals surface area contributed by atoms with Crippen molar-refractivity contribution < 1.29 is 23.3 Å². The van der Waals surface area contributed by atoms with Crippen LogP contribution in [0.25, 0.3) is 17.0 Å². The SMILES string of the molecule is Cc1cc2oc(=O)cc(COC(=O)/C=C/c3ccc([N+](=O)[O-])o3)c2cc1C. The van der Waals surface area contributed by atoms with Gasteiger partial charge in [0.15, 0.2) is 0 Å². The summed E-state index contributed by atoms with van der Waals surface area (Å²) in [6.07, 6.45) is 2.35. The lowest BCUT2D eigenvalue weighted by atomic mass is 10.0. The lowest BCUT2D eigenvalue weighted by Crippen LogP contribution is -2.06. The van der Waals surface area contributed by atoms with Crippen LogP contribution in [0.15, 0.2) is 50.0 Å². The van der Waals surface area contributed by atoms with Crippen LogP contribution < -0.4 is 5.63 Å². The molecule has 138 valence electrons. The van der Waals surface area contributed by atoms with Gasteiger partial charge in [-0.1, -0.05) is 0 Å². The van der Waals surface area contributed by atoms with Crippen molar-refractivity contribution in [2.24, 2.45) is 0 Å². The predicted octanol–water partition coefficient (Wildman–Crippen LogP) is 3.67. The number of esters is 1. The van der Waals surface area contributed by atoms with Gasteiger partial charge >= 0.3 is 17.5 Å². The molecule has 0 bridgehead atoms. The van der Waals surface area contributed by atoms with Crippen LogP contribution in [0.2, 0.25) is 0 Å². The zero-order chi connectivity index (χ0) is 19.6. The van der Waals surface area contributed by atoms with E-state index in [9.17, 15) is 19.7 Å². The maximum atomic E-state index is 11.9. The number of hydrogen-bond acceptors (Lipinski definition) is 7. The monoisotopic (exact) mass is 369 g/mol. The molecule has 0 unspecified atom stereocenters. The summed E-state index contributed by atoms with van der Waals surface area (Å²) in [7, 11) is 0. The molecule has 0 N–H and O–H groups in total. The Balaban J connectivity index is 1.75. The Labute approximate surface area is 152 Å². The van der Waals surface area contributed by atoms with E-state index in [2.05, 4.69) is 0 Å². The van der Waals surface area contributed by atoms with Crippen molar-refractivity contribution in [3.05, 3.63) is 79.4 Å². The van der Waals surface area contributed by atoms with Crippen LogP contribution in [-0.4, -0.2) is 10.9 Å². The second kappa shape index (κ2) is 7.28. The fourth-order valence-electron chi connectivity index (χ4n) is 2.48. The number of carbonyl (C=O) groups excluding carboxylic acids is 1. The average Bonchev–Trinajstić information content (AvgIpc) is 3.09. The van der Waals surface area contributed by atoms with Gasteiger partial charge in [0.25, 0.3) is 0 Å². The number of fused-ring (bicyclic) bond motifs is 1. The minimum atomic E-state index is -0.681. The lowest BCUT2D eigenvalue weighted by molar-refractivity contribution is -0.402. The number of hydrogen-bond donors (Lipinski definition) is 0. The van der Waals surface area contributed by atoms with E-state index < -0.39 is 22.4 Å². The number of ether oxygens (including phenoxy) is 1. The van der Waals surface area contributed by atoms with Crippen LogP contribution in [0.5, 0.6) is 0 Å². The normalized spacial score (nSPS) is 11.2. The number of nitro groups is 1. The van der Waals surface area contributed by atoms with Crippen molar-refractivity contribution in [1.29, 1.82) is 0 Å². The Kier molecular flexibility index (Phi) is 4.89. The quantitative estimate of drug-likeness (QED) is 0.222. The van der Waals surface area contributed by atoms with Crippen molar-refractivity contribution in [3.63, 3.8) is 0 Å². The summed E-state index contributed by atoms with van der Waals surface area (Å²) in [4.78, 5) is 33.5. The molecule has 1 aromatic carbocycles. The molecular weight excluding hydrogens is 354 g/mol. The fourth-order valence-corrected chi connectivity index (χ4v) is 2.48. The number of benzene rings is 1. The molecule has 2 heterocycles. The van der Waals surface area contributed by atoms with E-state index in [1.165, 1.54) is 24.3 Å². The molecule has 2 aromatic heterocycles. The van der Waals surface area contributed by atoms with Crippen LogP contribution in [0.4, 0.5) is 5.88 Å². The largest absolute Gasteiger partial charge is 0.458 e. The average molecular weight is 369 g/mol. The van der Waals surface area contributed by atoms with Crippen molar-refractivity contribution in [1.82, 2.24) is 0 Å². The van der Waals surface area contributed by atoms with Gasteiger partial charge in [-0.05, 0) is 49.2 Å². The maximum Gasteiger partial charge on any atom is 0.433 e. The van der Waals surface area contributed by atoms with Crippen molar-refractivity contribution in [2.45, 2.75) is 20.5 Å². The highest BCUT2D eigenvalue weighted by Crippen LogP contribution is 2.22. The van der Waals surface area contributed by atoms with E-state index in [0.717, 1.165) is 17.2 Å². The van der Waals surface area contributed by atoms with Crippen molar-refractivity contribution in [2.75, 3.05) is 0 Å². The van der Waals surface area contributed by atoms with Gasteiger partial charge in [-0.15, -0.1) is 0 Å². The van der Waals surface area contributed by atoms with E-state index in [1.54, 1.807) is 6.07 Å². The lowest BCUT2D eigenvalue weighted by Gasteiger charge is -2.08. The van der Waals surface area contributed by atoms with Gasteiger partial charge in [0.05, 0.1) is 6.07 Å². The van der Waals surface area contributed by atoms with E-state index in [4.69, 9.17) is 13.6 Å². The van der Waals surface area contributed by atoms with Crippen LogP contribution in [-0.2, 0) is 16.1 Å². The second-order valence-corrected chi connectivity index (χ2v) is 5.90. The van der Waals surface area contributed by atoms with Gasteiger partial charge in [0.1, 0.15) is 22.9 Å².